The summed E-state index contributed by atoms with van der Waals surface area (Å²) < 4.78 is 39.7. The summed E-state index contributed by atoms with van der Waals surface area (Å²) in [5.41, 5.74) is -0.700. The van der Waals surface area contributed by atoms with E-state index in [0.717, 1.165) is 10.7 Å². The van der Waals surface area contributed by atoms with E-state index in [9.17, 15) is 22.8 Å². The van der Waals surface area contributed by atoms with E-state index >= 15 is 0 Å². The first-order chi connectivity index (χ1) is 14.2. The van der Waals surface area contributed by atoms with E-state index in [1.807, 2.05) is 0 Å². The third-order valence-electron chi connectivity index (χ3n) is 4.07. The molecule has 0 fully saturated rings. The number of alkyl halides is 3. The van der Waals surface area contributed by atoms with Crippen molar-refractivity contribution in [2.45, 2.75) is 12.2 Å². The number of nitrogens with zero attached hydrogens (tertiary/aromatic N) is 3. The minimum atomic E-state index is -4.89. The van der Waals surface area contributed by atoms with Gasteiger partial charge in [0.05, 0.1) is 24.2 Å². The van der Waals surface area contributed by atoms with E-state index in [2.05, 4.69) is 10.1 Å². The lowest BCUT2D eigenvalue weighted by atomic mass is 10.1. The Morgan fingerprint density at radius 3 is 2.50 bits per heavy atom. The standard InChI is InChI=1S/C19H14ClF3N4O3/c20-12-5-3-11(4-6-12)15-8-14(17(29)25-16(10-28)19(21,22)23)18(30)27(26-15)13-2-1-7-24-9-13/h1-9,16,28H,10H2,(H,25,29)/t16-/m1/s1. The molecule has 0 radical (unpaired) electrons. The molecule has 2 aromatic heterocycles. The van der Waals surface area contributed by atoms with Crippen molar-refractivity contribution in [2.24, 2.45) is 0 Å². The fourth-order valence-electron chi connectivity index (χ4n) is 2.54. The van der Waals surface area contributed by atoms with Gasteiger partial charge in [-0.2, -0.15) is 23.0 Å². The Bertz CT molecular complexity index is 1100. The van der Waals surface area contributed by atoms with Crippen molar-refractivity contribution in [1.29, 1.82) is 0 Å². The zero-order chi connectivity index (χ0) is 21.9. The highest BCUT2D eigenvalue weighted by Crippen LogP contribution is 2.22. The molecule has 7 nitrogen and oxygen atoms in total. The van der Waals surface area contributed by atoms with Gasteiger partial charge in [-0.1, -0.05) is 23.7 Å². The highest BCUT2D eigenvalue weighted by Gasteiger charge is 2.40. The first-order valence-electron chi connectivity index (χ1n) is 8.50. The molecule has 0 unspecified atom stereocenters. The summed E-state index contributed by atoms with van der Waals surface area (Å²) in [6.45, 7) is -1.37. The SMILES string of the molecule is O=C(N[C@H](CO)C(F)(F)F)c1cc(-c2ccc(Cl)cc2)nn(-c2cccnc2)c1=O. The predicted octanol–water partition coefficient (Wildman–Crippen LogP) is 2.60. The first kappa shape index (κ1) is 21.5. The molecule has 11 heteroatoms. The summed E-state index contributed by atoms with van der Waals surface area (Å²) in [6.07, 6.45) is -2.12. The van der Waals surface area contributed by atoms with Gasteiger partial charge >= 0.3 is 6.18 Å². The van der Waals surface area contributed by atoms with Crippen LogP contribution in [-0.2, 0) is 0 Å². The molecular weight excluding hydrogens is 425 g/mol. The average Bonchev–Trinajstić information content (AvgIpc) is 2.72. The van der Waals surface area contributed by atoms with E-state index in [1.165, 1.54) is 24.5 Å². The minimum Gasteiger partial charge on any atom is -0.394 e. The van der Waals surface area contributed by atoms with Crippen molar-refractivity contribution in [2.75, 3.05) is 6.61 Å². The number of aliphatic hydroxyl groups excluding tert-OH is 1. The topological polar surface area (TPSA) is 97.1 Å². The number of pyridine rings is 1. The molecule has 3 rings (SSSR count). The lowest BCUT2D eigenvalue weighted by Crippen LogP contribution is -2.49. The fourth-order valence-corrected chi connectivity index (χ4v) is 2.67. The Labute approximate surface area is 172 Å². The molecule has 2 N–H and O–H groups in total. The molecule has 0 spiro atoms. The maximum Gasteiger partial charge on any atom is 0.410 e. The number of halogens is 4. The van der Waals surface area contributed by atoms with Crippen molar-refractivity contribution in [3.05, 3.63) is 75.8 Å². The number of carbonyl (C=O) groups excluding carboxylic acids is 1. The molecule has 156 valence electrons. The largest absolute Gasteiger partial charge is 0.410 e. The highest BCUT2D eigenvalue weighted by molar-refractivity contribution is 6.30. The van der Waals surface area contributed by atoms with Crippen molar-refractivity contribution in [1.82, 2.24) is 20.1 Å². The van der Waals surface area contributed by atoms with Crippen LogP contribution in [0.3, 0.4) is 0 Å². The van der Waals surface area contributed by atoms with E-state index in [1.54, 1.807) is 29.6 Å². The minimum absolute atomic E-state index is 0.146. The van der Waals surface area contributed by atoms with Crippen LogP contribution < -0.4 is 10.9 Å². The number of aliphatic hydroxyl groups is 1. The first-order valence-corrected chi connectivity index (χ1v) is 8.87. The van der Waals surface area contributed by atoms with Crippen LogP contribution >= 0.6 is 11.6 Å². The zero-order valence-electron chi connectivity index (χ0n) is 15.1. The van der Waals surface area contributed by atoms with Crippen molar-refractivity contribution in [3.8, 4) is 16.9 Å². The van der Waals surface area contributed by atoms with Crippen LogP contribution in [-0.4, -0.2) is 44.6 Å². The maximum atomic E-state index is 12.9. The Hall–Kier alpha value is -3.24. The van der Waals surface area contributed by atoms with Gasteiger partial charge < -0.3 is 10.4 Å². The number of carbonyl (C=O) groups is 1. The molecule has 0 aliphatic rings. The van der Waals surface area contributed by atoms with Crippen molar-refractivity contribution in [3.63, 3.8) is 0 Å². The van der Waals surface area contributed by atoms with Gasteiger partial charge in [-0.05, 0) is 30.3 Å². The zero-order valence-corrected chi connectivity index (χ0v) is 15.9. The highest BCUT2D eigenvalue weighted by atomic mass is 35.5. The molecule has 0 aliphatic carbocycles. The molecule has 1 amide bonds. The smallest absolute Gasteiger partial charge is 0.394 e. The third-order valence-corrected chi connectivity index (χ3v) is 4.32. The van der Waals surface area contributed by atoms with Gasteiger partial charge in [-0.25, -0.2) is 0 Å². The van der Waals surface area contributed by atoms with Crippen LogP contribution in [0.4, 0.5) is 13.2 Å². The van der Waals surface area contributed by atoms with Crippen LogP contribution in [0.2, 0.25) is 5.02 Å². The predicted molar refractivity (Wildman–Crippen MR) is 102 cm³/mol. The van der Waals surface area contributed by atoms with Gasteiger partial charge in [0, 0.05) is 16.8 Å². The Kier molecular flexibility index (Phi) is 6.18. The van der Waals surface area contributed by atoms with Crippen LogP contribution in [0.15, 0.2) is 59.7 Å². The average molecular weight is 439 g/mol. The quantitative estimate of drug-likeness (QED) is 0.638. The van der Waals surface area contributed by atoms with Crippen LogP contribution in [0.1, 0.15) is 10.4 Å². The number of nitrogens with one attached hydrogen (secondary N) is 1. The molecule has 0 aliphatic heterocycles. The summed E-state index contributed by atoms with van der Waals surface area (Å²) in [5, 5.41) is 15.2. The molecule has 3 aromatic rings. The molecule has 0 saturated carbocycles. The second-order valence-electron chi connectivity index (χ2n) is 6.13. The number of aromatic nitrogens is 3. The molecule has 0 bridgehead atoms. The summed E-state index contributed by atoms with van der Waals surface area (Å²) in [4.78, 5) is 29.2. The molecule has 0 saturated heterocycles. The molecule has 1 atom stereocenters. The van der Waals surface area contributed by atoms with E-state index in [0.29, 0.717) is 10.6 Å². The Morgan fingerprint density at radius 2 is 1.93 bits per heavy atom. The maximum absolute atomic E-state index is 12.9. The Morgan fingerprint density at radius 1 is 1.23 bits per heavy atom. The summed E-state index contributed by atoms with van der Waals surface area (Å²) in [6, 6.07) is 7.87. The molecule has 30 heavy (non-hydrogen) atoms. The number of hydrogen-bond donors (Lipinski definition) is 2. The van der Waals surface area contributed by atoms with Gasteiger partial charge in [0.1, 0.15) is 11.6 Å². The molecular formula is C19H14ClF3N4O3. The lowest BCUT2D eigenvalue weighted by Gasteiger charge is -2.19. The third kappa shape index (κ3) is 4.66. The van der Waals surface area contributed by atoms with Gasteiger partial charge in [0.25, 0.3) is 11.5 Å². The van der Waals surface area contributed by atoms with Crippen LogP contribution in [0.25, 0.3) is 16.9 Å². The second-order valence-corrected chi connectivity index (χ2v) is 6.56. The van der Waals surface area contributed by atoms with Gasteiger partial charge in [-0.15, -0.1) is 0 Å². The summed E-state index contributed by atoms with van der Waals surface area (Å²) in [5.74, 6) is -1.30. The Balaban J connectivity index is 2.14. The summed E-state index contributed by atoms with van der Waals surface area (Å²) in [7, 11) is 0. The normalized spacial score (nSPS) is 12.4. The monoisotopic (exact) mass is 438 g/mol. The number of benzene rings is 1. The van der Waals surface area contributed by atoms with Gasteiger partial charge in [0.2, 0.25) is 0 Å². The van der Waals surface area contributed by atoms with E-state index in [4.69, 9.17) is 16.7 Å². The van der Waals surface area contributed by atoms with Crippen molar-refractivity contribution >= 4 is 17.5 Å². The van der Waals surface area contributed by atoms with Crippen LogP contribution in [0.5, 0.6) is 0 Å². The van der Waals surface area contributed by atoms with E-state index < -0.39 is 35.9 Å². The summed E-state index contributed by atoms with van der Waals surface area (Å²) >= 11 is 5.87. The number of rotatable bonds is 5. The van der Waals surface area contributed by atoms with Gasteiger partial charge in [0.15, 0.2) is 0 Å². The van der Waals surface area contributed by atoms with E-state index in [-0.39, 0.29) is 11.4 Å². The van der Waals surface area contributed by atoms with Crippen molar-refractivity contribution < 1.29 is 23.1 Å². The number of hydrogen-bond acceptors (Lipinski definition) is 5. The lowest BCUT2D eigenvalue weighted by molar-refractivity contribution is -0.161. The van der Waals surface area contributed by atoms with Gasteiger partial charge in [-0.3, -0.25) is 14.6 Å². The second kappa shape index (κ2) is 8.64. The fraction of sp³-hybridized carbons (Fsp3) is 0.158. The number of amides is 1. The van der Waals surface area contributed by atoms with Crippen LogP contribution in [0, 0.1) is 0 Å². The molecule has 2 heterocycles. The molecule has 1 aromatic carbocycles.